The van der Waals surface area contributed by atoms with Crippen LogP contribution in [0.15, 0.2) is 17.0 Å². The molecule has 1 aliphatic rings. The van der Waals surface area contributed by atoms with E-state index in [1.165, 1.54) is 0 Å². The number of sulfonamides is 1. The lowest BCUT2D eigenvalue weighted by Crippen LogP contribution is -2.31. The fourth-order valence-corrected chi connectivity index (χ4v) is 4.99. The van der Waals surface area contributed by atoms with Gasteiger partial charge in [-0.05, 0) is 41.9 Å². The van der Waals surface area contributed by atoms with Crippen LogP contribution in [0.1, 0.15) is 38.8 Å². The third-order valence-corrected chi connectivity index (χ3v) is 6.92. The molecule has 20 heavy (non-hydrogen) atoms. The maximum atomic E-state index is 12.7. The third kappa shape index (κ3) is 2.04. The van der Waals surface area contributed by atoms with Crippen LogP contribution in [0.2, 0.25) is 0 Å². The van der Waals surface area contributed by atoms with Crippen LogP contribution >= 0.6 is 0 Å². The molecule has 2 rings (SSSR count). The Bertz CT molecular complexity index is 647. The van der Waals surface area contributed by atoms with Crippen molar-refractivity contribution in [3.8, 4) is 0 Å². The van der Waals surface area contributed by atoms with Crippen LogP contribution in [0.3, 0.4) is 0 Å². The predicted octanol–water partition coefficient (Wildman–Crippen LogP) is 2.60. The standard InChI is InChI=1S/C15H24N2O2S/c1-9-7-8-11(16)10(2)12(9)20(18,19)17-13-14(3,4)15(13,5)6/h7-8,13,17H,16H2,1-6H3. The van der Waals surface area contributed by atoms with Gasteiger partial charge in [0.15, 0.2) is 0 Å². The van der Waals surface area contributed by atoms with Crippen molar-refractivity contribution < 1.29 is 8.42 Å². The lowest BCUT2D eigenvalue weighted by atomic mass is 10.0. The SMILES string of the molecule is Cc1ccc(N)c(C)c1S(=O)(=O)NC1C(C)(C)C1(C)C. The normalized spacial score (nSPS) is 20.9. The molecule has 5 heteroatoms. The van der Waals surface area contributed by atoms with E-state index in [4.69, 9.17) is 5.73 Å². The fraction of sp³-hybridized carbons (Fsp3) is 0.600. The van der Waals surface area contributed by atoms with Gasteiger partial charge in [0.2, 0.25) is 10.0 Å². The molecule has 4 nitrogen and oxygen atoms in total. The minimum atomic E-state index is -3.55. The molecule has 1 fully saturated rings. The van der Waals surface area contributed by atoms with Gasteiger partial charge in [-0.15, -0.1) is 0 Å². The van der Waals surface area contributed by atoms with Gasteiger partial charge in [0.05, 0.1) is 4.90 Å². The van der Waals surface area contributed by atoms with Crippen LogP contribution in [0.25, 0.3) is 0 Å². The Morgan fingerprint density at radius 3 is 2.05 bits per heavy atom. The van der Waals surface area contributed by atoms with Gasteiger partial charge in [-0.25, -0.2) is 13.1 Å². The van der Waals surface area contributed by atoms with E-state index in [2.05, 4.69) is 32.4 Å². The van der Waals surface area contributed by atoms with Crippen molar-refractivity contribution >= 4 is 15.7 Å². The summed E-state index contributed by atoms with van der Waals surface area (Å²) in [6.45, 7) is 11.9. The summed E-state index contributed by atoms with van der Waals surface area (Å²) in [6.07, 6.45) is 0. The van der Waals surface area contributed by atoms with Crippen LogP contribution < -0.4 is 10.5 Å². The minimum absolute atomic E-state index is 0.0395. The molecule has 1 saturated carbocycles. The second kappa shape index (κ2) is 4.21. The molecule has 3 N–H and O–H groups in total. The van der Waals surface area contributed by atoms with Gasteiger partial charge >= 0.3 is 0 Å². The highest BCUT2D eigenvalue weighted by Gasteiger charge is 2.66. The van der Waals surface area contributed by atoms with Crippen molar-refractivity contribution in [2.45, 2.75) is 52.5 Å². The molecule has 0 atom stereocenters. The second-order valence-electron chi connectivity index (χ2n) is 6.92. The molecule has 0 heterocycles. The first-order chi connectivity index (χ1) is 8.93. The molecule has 112 valence electrons. The van der Waals surface area contributed by atoms with Gasteiger partial charge in [0, 0.05) is 11.7 Å². The number of aryl methyl sites for hydroxylation is 1. The smallest absolute Gasteiger partial charge is 0.241 e. The van der Waals surface area contributed by atoms with Gasteiger partial charge in [0.1, 0.15) is 0 Å². The van der Waals surface area contributed by atoms with E-state index in [0.717, 1.165) is 5.56 Å². The predicted molar refractivity (Wildman–Crippen MR) is 82.0 cm³/mol. The number of hydrogen-bond donors (Lipinski definition) is 2. The Labute approximate surface area is 121 Å². The highest BCUT2D eigenvalue weighted by molar-refractivity contribution is 7.89. The maximum absolute atomic E-state index is 12.7. The molecule has 1 aliphatic carbocycles. The summed E-state index contributed by atoms with van der Waals surface area (Å²) in [5.74, 6) is 0. The van der Waals surface area contributed by atoms with E-state index < -0.39 is 10.0 Å². The quantitative estimate of drug-likeness (QED) is 0.842. The lowest BCUT2D eigenvalue weighted by molar-refractivity contribution is 0.457. The molecule has 0 bridgehead atoms. The van der Waals surface area contributed by atoms with Crippen LogP contribution in [0.4, 0.5) is 5.69 Å². The van der Waals surface area contributed by atoms with E-state index in [1.54, 1.807) is 26.0 Å². The molecule has 0 spiro atoms. The summed E-state index contributed by atoms with van der Waals surface area (Å²) in [5, 5.41) is 0. The fourth-order valence-electron chi connectivity index (χ4n) is 2.96. The summed E-state index contributed by atoms with van der Waals surface area (Å²) < 4.78 is 28.2. The molecule has 0 aromatic heterocycles. The Kier molecular flexibility index (Phi) is 3.23. The van der Waals surface area contributed by atoms with E-state index in [-0.39, 0.29) is 16.9 Å². The number of anilines is 1. The van der Waals surface area contributed by atoms with Crippen molar-refractivity contribution in [1.82, 2.24) is 4.72 Å². The summed E-state index contributed by atoms with van der Waals surface area (Å²) >= 11 is 0. The van der Waals surface area contributed by atoms with Crippen molar-refractivity contribution in [3.63, 3.8) is 0 Å². The van der Waals surface area contributed by atoms with Gasteiger partial charge in [-0.1, -0.05) is 33.8 Å². The zero-order valence-electron chi connectivity index (χ0n) is 13.0. The van der Waals surface area contributed by atoms with Crippen LogP contribution in [-0.2, 0) is 10.0 Å². The molecule has 0 saturated heterocycles. The summed E-state index contributed by atoms with van der Waals surface area (Å²) in [6, 6.07) is 3.44. The molecule has 0 radical (unpaired) electrons. The van der Waals surface area contributed by atoms with Crippen molar-refractivity contribution in [2.24, 2.45) is 10.8 Å². The van der Waals surface area contributed by atoms with Gasteiger partial charge in [0.25, 0.3) is 0 Å². The number of nitrogens with one attached hydrogen (secondary N) is 1. The zero-order valence-corrected chi connectivity index (χ0v) is 13.9. The average molecular weight is 296 g/mol. The molecule has 1 aromatic carbocycles. The van der Waals surface area contributed by atoms with E-state index in [9.17, 15) is 8.42 Å². The zero-order chi connectivity index (χ0) is 15.5. The van der Waals surface area contributed by atoms with E-state index in [1.807, 2.05) is 0 Å². The first-order valence-corrected chi connectivity index (χ1v) is 8.29. The molecule has 1 aromatic rings. The molecule has 0 aliphatic heterocycles. The molecular weight excluding hydrogens is 272 g/mol. The highest BCUT2D eigenvalue weighted by atomic mass is 32.2. The molecule has 0 amide bonds. The van der Waals surface area contributed by atoms with Crippen molar-refractivity contribution in [2.75, 3.05) is 5.73 Å². The summed E-state index contributed by atoms with van der Waals surface area (Å²) in [7, 11) is -3.55. The number of hydrogen-bond acceptors (Lipinski definition) is 3. The number of rotatable bonds is 3. The molecular formula is C15H24N2O2S. The van der Waals surface area contributed by atoms with E-state index in [0.29, 0.717) is 16.1 Å². The summed E-state index contributed by atoms with van der Waals surface area (Å²) in [4.78, 5) is 0.316. The monoisotopic (exact) mass is 296 g/mol. The molecule has 0 unspecified atom stereocenters. The largest absolute Gasteiger partial charge is 0.398 e. The lowest BCUT2D eigenvalue weighted by Gasteiger charge is -2.14. The second-order valence-corrected chi connectivity index (χ2v) is 8.57. The Balaban J connectivity index is 2.42. The Morgan fingerprint density at radius 1 is 1.10 bits per heavy atom. The van der Waals surface area contributed by atoms with Crippen molar-refractivity contribution in [3.05, 3.63) is 23.3 Å². The first kappa shape index (κ1) is 15.3. The van der Waals surface area contributed by atoms with Gasteiger partial charge in [-0.3, -0.25) is 0 Å². The number of nitrogens with two attached hydrogens (primary N) is 1. The van der Waals surface area contributed by atoms with Crippen LogP contribution in [0, 0.1) is 24.7 Å². The van der Waals surface area contributed by atoms with Gasteiger partial charge < -0.3 is 5.73 Å². The highest BCUT2D eigenvalue weighted by Crippen LogP contribution is 2.63. The third-order valence-electron chi connectivity index (χ3n) is 5.21. The topological polar surface area (TPSA) is 72.2 Å². The van der Waals surface area contributed by atoms with Crippen LogP contribution in [-0.4, -0.2) is 14.5 Å². The number of benzene rings is 1. The first-order valence-electron chi connectivity index (χ1n) is 6.81. The van der Waals surface area contributed by atoms with Crippen molar-refractivity contribution in [1.29, 1.82) is 0 Å². The van der Waals surface area contributed by atoms with E-state index >= 15 is 0 Å². The minimum Gasteiger partial charge on any atom is -0.398 e. The van der Waals surface area contributed by atoms with Gasteiger partial charge in [-0.2, -0.15) is 0 Å². The number of nitrogen functional groups attached to an aromatic ring is 1. The Morgan fingerprint density at radius 2 is 1.60 bits per heavy atom. The van der Waals surface area contributed by atoms with Crippen LogP contribution in [0.5, 0.6) is 0 Å². The average Bonchev–Trinajstić information content (AvgIpc) is 2.66. The maximum Gasteiger partial charge on any atom is 0.241 e. The summed E-state index contributed by atoms with van der Waals surface area (Å²) in [5.41, 5.74) is 7.61. The Hall–Kier alpha value is -1.07.